The van der Waals surface area contributed by atoms with Gasteiger partial charge < -0.3 is 0 Å². The summed E-state index contributed by atoms with van der Waals surface area (Å²) in [5.41, 5.74) is 1.26. The van der Waals surface area contributed by atoms with Crippen molar-refractivity contribution >= 4 is 11.3 Å². The summed E-state index contributed by atoms with van der Waals surface area (Å²) in [6.07, 6.45) is 3.67. The van der Waals surface area contributed by atoms with Gasteiger partial charge in [0.1, 0.15) is 0 Å². The van der Waals surface area contributed by atoms with Crippen LogP contribution in [0.1, 0.15) is 24.6 Å². The molecule has 0 aromatic carbocycles. The van der Waals surface area contributed by atoms with Gasteiger partial charge in [-0.3, -0.25) is 4.98 Å². The highest BCUT2D eigenvalue weighted by molar-refractivity contribution is 7.15. The Morgan fingerprint density at radius 1 is 1.07 bits per heavy atom. The highest BCUT2D eigenvalue weighted by atomic mass is 32.1. The Hall–Kier alpha value is -1.15. The molecule has 0 N–H and O–H groups in total. The second-order valence-corrected chi connectivity index (χ2v) is 4.71. The molecule has 1 nitrogen and oxygen atoms in total. The Morgan fingerprint density at radius 3 is 2.36 bits per heavy atom. The Kier molecular flexibility index (Phi) is 2.64. The monoisotopic (exact) mass is 203 g/mol. The Bertz CT molecular complexity index is 403. The fourth-order valence-electron chi connectivity index (χ4n) is 1.33. The predicted octanol–water partition coefficient (Wildman–Crippen LogP) is 3.93. The van der Waals surface area contributed by atoms with E-state index in [-0.39, 0.29) is 0 Å². The molecule has 2 heteroatoms. The minimum Gasteiger partial charge on any atom is -0.265 e. The molecule has 0 saturated carbocycles. The van der Waals surface area contributed by atoms with Crippen molar-refractivity contribution in [3.63, 3.8) is 0 Å². The van der Waals surface area contributed by atoms with Crippen LogP contribution in [0.15, 0.2) is 36.7 Å². The lowest BCUT2D eigenvalue weighted by Crippen LogP contribution is -1.77. The van der Waals surface area contributed by atoms with Crippen molar-refractivity contribution in [3.05, 3.63) is 41.5 Å². The molecule has 0 aliphatic carbocycles. The van der Waals surface area contributed by atoms with Crippen LogP contribution in [0.25, 0.3) is 10.4 Å². The van der Waals surface area contributed by atoms with Gasteiger partial charge >= 0.3 is 0 Å². The van der Waals surface area contributed by atoms with Gasteiger partial charge in [0.15, 0.2) is 0 Å². The van der Waals surface area contributed by atoms with Crippen LogP contribution in [0.2, 0.25) is 0 Å². The third kappa shape index (κ3) is 1.85. The molecule has 0 bridgehead atoms. The largest absolute Gasteiger partial charge is 0.265 e. The van der Waals surface area contributed by atoms with Crippen molar-refractivity contribution in [3.8, 4) is 10.4 Å². The van der Waals surface area contributed by atoms with Gasteiger partial charge in [-0.05, 0) is 35.7 Å². The Balaban J connectivity index is 2.34. The molecule has 0 aliphatic rings. The van der Waals surface area contributed by atoms with Gasteiger partial charge in [0.05, 0.1) is 0 Å². The molecule has 0 unspecified atom stereocenters. The summed E-state index contributed by atoms with van der Waals surface area (Å²) < 4.78 is 0. The standard InChI is InChI=1S/C12H13NS/c1-9(2)11-3-4-12(14-11)10-5-7-13-8-6-10/h3-9H,1-2H3. The van der Waals surface area contributed by atoms with Crippen LogP contribution in [0.4, 0.5) is 0 Å². The third-order valence-corrected chi connectivity index (χ3v) is 3.60. The van der Waals surface area contributed by atoms with E-state index in [0.717, 1.165) is 0 Å². The third-order valence-electron chi connectivity index (χ3n) is 2.16. The molecule has 0 aliphatic heterocycles. The lowest BCUT2D eigenvalue weighted by Gasteiger charge is -1.98. The van der Waals surface area contributed by atoms with Gasteiger partial charge in [-0.1, -0.05) is 13.8 Å². The van der Waals surface area contributed by atoms with E-state index >= 15 is 0 Å². The number of rotatable bonds is 2. The van der Waals surface area contributed by atoms with E-state index in [1.807, 2.05) is 23.7 Å². The fourth-order valence-corrected chi connectivity index (χ4v) is 2.35. The fraction of sp³-hybridized carbons (Fsp3) is 0.250. The van der Waals surface area contributed by atoms with Gasteiger partial charge in [0.25, 0.3) is 0 Å². The van der Waals surface area contributed by atoms with Crippen LogP contribution in [-0.4, -0.2) is 4.98 Å². The minimum absolute atomic E-state index is 0.621. The first-order valence-corrected chi connectivity index (χ1v) is 5.59. The first kappa shape index (κ1) is 9.41. The van der Waals surface area contributed by atoms with E-state index in [2.05, 4.69) is 43.1 Å². The summed E-state index contributed by atoms with van der Waals surface area (Å²) in [5, 5.41) is 0. The van der Waals surface area contributed by atoms with E-state index in [9.17, 15) is 0 Å². The van der Waals surface area contributed by atoms with Crippen molar-refractivity contribution in [2.24, 2.45) is 0 Å². The van der Waals surface area contributed by atoms with Crippen LogP contribution >= 0.6 is 11.3 Å². The molecule has 0 saturated heterocycles. The second kappa shape index (κ2) is 3.93. The molecular weight excluding hydrogens is 190 g/mol. The maximum atomic E-state index is 4.02. The highest BCUT2D eigenvalue weighted by Crippen LogP contribution is 2.31. The molecule has 0 atom stereocenters. The predicted molar refractivity (Wildman–Crippen MR) is 61.6 cm³/mol. The quantitative estimate of drug-likeness (QED) is 0.720. The zero-order chi connectivity index (χ0) is 9.97. The lowest BCUT2D eigenvalue weighted by atomic mass is 10.2. The Labute approximate surface area is 88.4 Å². The summed E-state index contributed by atoms with van der Waals surface area (Å²) in [4.78, 5) is 6.79. The molecule has 14 heavy (non-hydrogen) atoms. The molecule has 2 rings (SSSR count). The average Bonchev–Trinajstić information content (AvgIpc) is 2.68. The van der Waals surface area contributed by atoms with Crippen molar-refractivity contribution < 1.29 is 0 Å². The number of hydrogen-bond donors (Lipinski definition) is 0. The molecular formula is C12H13NS. The van der Waals surface area contributed by atoms with E-state index < -0.39 is 0 Å². The van der Waals surface area contributed by atoms with Gasteiger partial charge in [-0.15, -0.1) is 11.3 Å². The van der Waals surface area contributed by atoms with Crippen molar-refractivity contribution in [1.29, 1.82) is 0 Å². The summed E-state index contributed by atoms with van der Waals surface area (Å²) in [7, 11) is 0. The van der Waals surface area contributed by atoms with Gasteiger partial charge in [0.2, 0.25) is 0 Å². The number of nitrogens with zero attached hydrogens (tertiary/aromatic N) is 1. The number of hydrogen-bond acceptors (Lipinski definition) is 2. The van der Waals surface area contributed by atoms with E-state index in [1.54, 1.807) is 0 Å². The summed E-state index contributed by atoms with van der Waals surface area (Å²) >= 11 is 1.87. The number of aromatic nitrogens is 1. The minimum atomic E-state index is 0.621. The van der Waals surface area contributed by atoms with Crippen LogP contribution in [0, 0.1) is 0 Å². The van der Waals surface area contributed by atoms with E-state index in [0.29, 0.717) is 5.92 Å². The molecule has 72 valence electrons. The average molecular weight is 203 g/mol. The zero-order valence-corrected chi connectivity index (χ0v) is 9.21. The van der Waals surface area contributed by atoms with Crippen LogP contribution in [0.5, 0.6) is 0 Å². The molecule has 0 radical (unpaired) electrons. The number of thiophene rings is 1. The second-order valence-electron chi connectivity index (χ2n) is 3.59. The lowest BCUT2D eigenvalue weighted by molar-refractivity contribution is 0.890. The van der Waals surface area contributed by atoms with E-state index in [1.165, 1.54) is 15.3 Å². The van der Waals surface area contributed by atoms with Crippen molar-refractivity contribution in [2.75, 3.05) is 0 Å². The van der Waals surface area contributed by atoms with E-state index in [4.69, 9.17) is 0 Å². The zero-order valence-electron chi connectivity index (χ0n) is 8.40. The van der Waals surface area contributed by atoms with Crippen molar-refractivity contribution in [2.45, 2.75) is 19.8 Å². The first-order valence-electron chi connectivity index (χ1n) is 4.77. The summed E-state index contributed by atoms with van der Waals surface area (Å²) in [6.45, 7) is 4.45. The topological polar surface area (TPSA) is 12.9 Å². The Morgan fingerprint density at radius 2 is 1.79 bits per heavy atom. The molecule has 2 aromatic heterocycles. The molecule has 0 fully saturated rings. The van der Waals surface area contributed by atoms with Crippen molar-refractivity contribution in [1.82, 2.24) is 4.98 Å². The SMILES string of the molecule is CC(C)c1ccc(-c2ccncc2)s1. The van der Waals surface area contributed by atoms with Gasteiger partial charge in [-0.2, -0.15) is 0 Å². The van der Waals surface area contributed by atoms with Crippen LogP contribution in [-0.2, 0) is 0 Å². The number of pyridine rings is 1. The molecule has 2 heterocycles. The molecule has 0 spiro atoms. The smallest absolute Gasteiger partial charge is 0.0346 e. The van der Waals surface area contributed by atoms with Crippen LogP contribution < -0.4 is 0 Å². The maximum Gasteiger partial charge on any atom is 0.0346 e. The maximum absolute atomic E-state index is 4.02. The van der Waals surface area contributed by atoms with Gasteiger partial charge in [-0.25, -0.2) is 0 Å². The summed E-state index contributed by atoms with van der Waals surface area (Å²) in [5.74, 6) is 0.621. The highest BCUT2D eigenvalue weighted by Gasteiger charge is 2.04. The molecule has 0 amide bonds. The normalized spacial score (nSPS) is 10.8. The van der Waals surface area contributed by atoms with Gasteiger partial charge in [0, 0.05) is 22.1 Å². The first-order chi connectivity index (χ1) is 6.77. The summed E-state index contributed by atoms with van der Waals surface area (Å²) in [6, 6.07) is 8.51. The van der Waals surface area contributed by atoms with Crippen LogP contribution in [0.3, 0.4) is 0 Å². The molecule has 2 aromatic rings.